The number of aliphatic hydroxyl groups is 1. The van der Waals surface area contributed by atoms with E-state index in [1.165, 1.54) is 0 Å². The van der Waals surface area contributed by atoms with Gasteiger partial charge in [0.05, 0.1) is 12.6 Å². The van der Waals surface area contributed by atoms with E-state index in [0.29, 0.717) is 25.8 Å². The Morgan fingerprint density at radius 1 is 1.32 bits per heavy atom. The van der Waals surface area contributed by atoms with Gasteiger partial charge in [0.1, 0.15) is 0 Å². The number of hydrogen-bond acceptors (Lipinski definition) is 3. The second kappa shape index (κ2) is 7.45. The molecule has 1 saturated heterocycles. The lowest BCUT2D eigenvalue weighted by Crippen LogP contribution is -2.51. The summed E-state index contributed by atoms with van der Waals surface area (Å²) in [5.74, 6) is 0.273. The molecule has 3 unspecified atom stereocenters. The Kier molecular flexibility index (Phi) is 6.56. The standard InChI is InChI=1S/C13H25F3N2O/c1-3-12(19)6-10-5-11(8-18(4-2)7-10)17-9-13(14,15)16/h10-12,17,19H,3-9H2,1-2H3. The zero-order valence-corrected chi connectivity index (χ0v) is 11.7. The molecule has 0 aromatic carbocycles. The van der Waals surface area contributed by atoms with Gasteiger partial charge in [-0.05, 0) is 31.7 Å². The molecule has 114 valence electrons. The molecule has 0 aromatic rings. The van der Waals surface area contributed by atoms with Gasteiger partial charge in [-0.25, -0.2) is 0 Å². The minimum Gasteiger partial charge on any atom is -0.393 e. The second-order valence-corrected chi connectivity index (χ2v) is 5.44. The molecule has 3 atom stereocenters. The van der Waals surface area contributed by atoms with E-state index in [9.17, 15) is 18.3 Å². The van der Waals surface area contributed by atoms with Crippen molar-refractivity contribution in [2.24, 2.45) is 5.92 Å². The zero-order chi connectivity index (χ0) is 14.5. The fourth-order valence-electron chi connectivity index (χ4n) is 2.69. The Morgan fingerprint density at radius 3 is 2.53 bits per heavy atom. The van der Waals surface area contributed by atoms with Crippen molar-refractivity contribution in [2.45, 2.75) is 51.4 Å². The lowest BCUT2D eigenvalue weighted by Gasteiger charge is -2.38. The molecule has 0 radical (unpaired) electrons. The Bertz CT molecular complexity index is 259. The summed E-state index contributed by atoms with van der Waals surface area (Å²) in [6.07, 6.45) is -2.41. The molecule has 1 fully saturated rings. The van der Waals surface area contributed by atoms with Crippen molar-refractivity contribution in [3.63, 3.8) is 0 Å². The highest BCUT2D eigenvalue weighted by Crippen LogP contribution is 2.23. The monoisotopic (exact) mass is 282 g/mol. The fraction of sp³-hybridized carbons (Fsp3) is 1.00. The van der Waals surface area contributed by atoms with Crippen LogP contribution in [0.5, 0.6) is 0 Å². The summed E-state index contributed by atoms with van der Waals surface area (Å²) in [5, 5.41) is 12.3. The maximum absolute atomic E-state index is 12.2. The van der Waals surface area contributed by atoms with E-state index in [1.54, 1.807) is 0 Å². The Hall–Kier alpha value is -0.330. The Balaban J connectivity index is 2.47. The number of aliphatic hydroxyl groups excluding tert-OH is 1. The topological polar surface area (TPSA) is 35.5 Å². The Morgan fingerprint density at radius 2 is 2.00 bits per heavy atom. The summed E-state index contributed by atoms with van der Waals surface area (Å²) in [7, 11) is 0. The van der Waals surface area contributed by atoms with Crippen LogP contribution in [0.3, 0.4) is 0 Å². The van der Waals surface area contributed by atoms with Crippen molar-refractivity contribution in [1.82, 2.24) is 10.2 Å². The van der Waals surface area contributed by atoms with Gasteiger partial charge in [0.2, 0.25) is 0 Å². The van der Waals surface area contributed by atoms with Gasteiger partial charge in [0.25, 0.3) is 0 Å². The number of nitrogens with zero attached hydrogens (tertiary/aromatic N) is 1. The van der Waals surface area contributed by atoms with Gasteiger partial charge in [-0.15, -0.1) is 0 Å². The molecule has 1 aliphatic heterocycles. The van der Waals surface area contributed by atoms with E-state index in [-0.39, 0.29) is 18.1 Å². The highest BCUT2D eigenvalue weighted by molar-refractivity contribution is 4.84. The quantitative estimate of drug-likeness (QED) is 0.782. The molecule has 0 bridgehead atoms. The molecular weight excluding hydrogens is 257 g/mol. The van der Waals surface area contributed by atoms with Crippen LogP contribution in [0, 0.1) is 5.92 Å². The van der Waals surface area contributed by atoms with Crippen molar-refractivity contribution in [3.05, 3.63) is 0 Å². The average Bonchev–Trinajstić information content (AvgIpc) is 2.35. The van der Waals surface area contributed by atoms with Gasteiger partial charge in [0.15, 0.2) is 0 Å². The van der Waals surface area contributed by atoms with Crippen molar-refractivity contribution in [2.75, 3.05) is 26.2 Å². The third-order valence-corrected chi connectivity index (χ3v) is 3.73. The predicted octanol–water partition coefficient (Wildman–Crippen LogP) is 2.01. The molecule has 0 saturated carbocycles. The molecular formula is C13H25F3N2O. The van der Waals surface area contributed by atoms with Crippen molar-refractivity contribution in [3.8, 4) is 0 Å². The van der Waals surface area contributed by atoms with Crippen LogP contribution in [0.25, 0.3) is 0 Å². The predicted molar refractivity (Wildman–Crippen MR) is 69.0 cm³/mol. The van der Waals surface area contributed by atoms with Crippen LogP contribution in [0.4, 0.5) is 13.2 Å². The number of alkyl halides is 3. The number of likely N-dealkylation sites (N-methyl/N-ethyl adjacent to an activating group) is 1. The third-order valence-electron chi connectivity index (χ3n) is 3.73. The number of likely N-dealkylation sites (tertiary alicyclic amines) is 1. The van der Waals surface area contributed by atoms with Crippen LogP contribution in [0.1, 0.15) is 33.1 Å². The number of piperidine rings is 1. The highest BCUT2D eigenvalue weighted by Gasteiger charge is 2.32. The molecule has 0 aliphatic carbocycles. The number of nitrogens with one attached hydrogen (secondary N) is 1. The fourth-order valence-corrected chi connectivity index (χ4v) is 2.69. The van der Waals surface area contributed by atoms with E-state index in [4.69, 9.17) is 0 Å². The van der Waals surface area contributed by atoms with Gasteiger partial charge in [-0.3, -0.25) is 0 Å². The minimum atomic E-state index is -4.16. The molecule has 2 N–H and O–H groups in total. The first-order chi connectivity index (χ1) is 8.84. The SMILES string of the molecule is CCC(O)CC1CC(NCC(F)(F)F)CN(CC)C1. The summed E-state index contributed by atoms with van der Waals surface area (Å²) in [6.45, 7) is 5.37. The molecule has 1 rings (SSSR count). The second-order valence-electron chi connectivity index (χ2n) is 5.44. The average molecular weight is 282 g/mol. The summed E-state index contributed by atoms with van der Waals surface area (Å²) in [5.41, 5.74) is 0. The molecule has 1 heterocycles. The lowest BCUT2D eigenvalue weighted by atomic mass is 9.89. The van der Waals surface area contributed by atoms with Gasteiger partial charge < -0.3 is 15.3 Å². The van der Waals surface area contributed by atoms with Crippen molar-refractivity contribution in [1.29, 1.82) is 0 Å². The Labute approximate surface area is 113 Å². The molecule has 19 heavy (non-hydrogen) atoms. The van der Waals surface area contributed by atoms with Gasteiger partial charge in [0, 0.05) is 19.1 Å². The molecule has 0 amide bonds. The zero-order valence-electron chi connectivity index (χ0n) is 11.7. The molecule has 3 nitrogen and oxygen atoms in total. The number of hydrogen-bond donors (Lipinski definition) is 2. The highest BCUT2D eigenvalue weighted by atomic mass is 19.4. The largest absolute Gasteiger partial charge is 0.401 e. The van der Waals surface area contributed by atoms with Crippen LogP contribution in [0.2, 0.25) is 0 Å². The minimum absolute atomic E-state index is 0.135. The van der Waals surface area contributed by atoms with E-state index >= 15 is 0 Å². The summed E-state index contributed by atoms with van der Waals surface area (Å²) >= 11 is 0. The first-order valence-electron chi connectivity index (χ1n) is 7.04. The first kappa shape index (κ1) is 16.7. The van der Waals surface area contributed by atoms with Gasteiger partial charge >= 0.3 is 6.18 Å². The smallest absolute Gasteiger partial charge is 0.393 e. The molecule has 1 aliphatic rings. The molecule has 0 aromatic heterocycles. The first-order valence-corrected chi connectivity index (χ1v) is 7.04. The van der Waals surface area contributed by atoms with Crippen LogP contribution >= 0.6 is 0 Å². The van der Waals surface area contributed by atoms with Crippen LogP contribution in [-0.4, -0.2) is 54.5 Å². The van der Waals surface area contributed by atoms with Crippen LogP contribution in [0.15, 0.2) is 0 Å². The third kappa shape index (κ3) is 6.58. The molecule has 6 heteroatoms. The summed E-state index contributed by atoms with van der Waals surface area (Å²) in [4.78, 5) is 2.16. The van der Waals surface area contributed by atoms with E-state index < -0.39 is 12.7 Å². The van der Waals surface area contributed by atoms with Crippen molar-refractivity contribution < 1.29 is 18.3 Å². The van der Waals surface area contributed by atoms with Gasteiger partial charge in [-0.1, -0.05) is 13.8 Å². The maximum atomic E-state index is 12.2. The van der Waals surface area contributed by atoms with Crippen molar-refractivity contribution >= 4 is 0 Å². The van der Waals surface area contributed by atoms with Crippen LogP contribution < -0.4 is 5.32 Å². The lowest BCUT2D eigenvalue weighted by molar-refractivity contribution is -0.127. The van der Waals surface area contributed by atoms with Crippen LogP contribution in [-0.2, 0) is 0 Å². The van der Waals surface area contributed by atoms with E-state index in [2.05, 4.69) is 10.2 Å². The number of rotatable bonds is 6. The summed E-state index contributed by atoms with van der Waals surface area (Å²) < 4.78 is 36.7. The van der Waals surface area contributed by atoms with E-state index in [1.807, 2.05) is 13.8 Å². The normalized spacial score (nSPS) is 27.5. The van der Waals surface area contributed by atoms with Gasteiger partial charge in [-0.2, -0.15) is 13.2 Å². The summed E-state index contributed by atoms with van der Waals surface area (Å²) in [6, 6.07) is -0.135. The maximum Gasteiger partial charge on any atom is 0.401 e. The van der Waals surface area contributed by atoms with E-state index in [0.717, 1.165) is 13.1 Å². The number of halogens is 3. The molecule has 0 spiro atoms.